The van der Waals surface area contributed by atoms with Crippen LogP contribution in [-0.4, -0.2) is 41.1 Å². The van der Waals surface area contributed by atoms with Crippen molar-refractivity contribution in [2.75, 3.05) is 16.4 Å². The third-order valence-electron chi connectivity index (χ3n) is 11.3. The van der Waals surface area contributed by atoms with Gasteiger partial charge in [0.25, 0.3) is 0 Å². The summed E-state index contributed by atoms with van der Waals surface area (Å²) in [6, 6.07) is 27.2. The number of benzene rings is 4. The van der Waals surface area contributed by atoms with Gasteiger partial charge < -0.3 is 9.84 Å². The molecule has 8 rings (SSSR count). The van der Waals surface area contributed by atoms with E-state index >= 15 is 4.79 Å². The van der Waals surface area contributed by atoms with Crippen molar-refractivity contribution in [1.29, 1.82) is 0 Å². The number of Topliss-reactive ketones (excluding diaryl/α,β-unsaturated/α-hetero) is 1. The standard InChI is InChI=1S/C42H35ClN2O7/c1-3-52-34-14-8-13-31(37(34)47)36-29-19-20-30-35(40(50)44(38(30)48)27-17-15-24(16-18-27)23(2)46)32(29)22-33-39(49)45(28-12-7-11-26(43)21-28)41(51)42(33,36)25-9-5-4-6-10-25/h4-19,21,30,32-33,35-36,47H,3,20,22H2,1-2H3. The van der Waals surface area contributed by atoms with Crippen molar-refractivity contribution in [3.8, 4) is 11.5 Å². The molecule has 10 heteroatoms. The van der Waals surface area contributed by atoms with Gasteiger partial charge in [-0.05, 0) is 86.7 Å². The molecule has 4 amide bonds. The van der Waals surface area contributed by atoms with Crippen LogP contribution in [-0.2, 0) is 24.6 Å². The number of ether oxygens (including phenoxy) is 1. The van der Waals surface area contributed by atoms with Crippen molar-refractivity contribution in [3.63, 3.8) is 0 Å². The van der Waals surface area contributed by atoms with Crippen molar-refractivity contribution in [2.45, 2.75) is 38.0 Å². The number of carbonyl (C=O) groups excluding carboxylic acids is 5. The Bertz CT molecular complexity index is 2200. The number of ketones is 1. The zero-order valence-electron chi connectivity index (χ0n) is 28.5. The maximum Gasteiger partial charge on any atom is 0.246 e. The van der Waals surface area contributed by atoms with Crippen LogP contribution in [0, 0.1) is 23.7 Å². The van der Waals surface area contributed by atoms with E-state index in [9.17, 15) is 24.3 Å². The normalized spacial score (nSPS) is 26.5. The molecule has 4 aliphatic rings. The molecule has 52 heavy (non-hydrogen) atoms. The van der Waals surface area contributed by atoms with E-state index in [1.165, 1.54) is 16.7 Å². The number of phenolic OH excluding ortho intramolecular Hbond substituents is 1. The highest BCUT2D eigenvalue weighted by Gasteiger charge is 2.70. The van der Waals surface area contributed by atoms with E-state index in [1.807, 2.05) is 36.4 Å². The lowest BCUT2D eigenvalue weighted by atomic mass is 9.49. The van der Waals surface area contributed by atoms with E-state index < -0.39 is 52.7 Å². The van der Waals surface area contributed by atoms with Gasteiger partial charge in [-0.2, -0.15) is 0 Å². The Morgan fingerprint density at radius 1 is 0.846 bits per heavy atom. The van der Waals surface area contributed by atoms with Gasteiger partial charge in [-0.25, -0.2) is 4.90 Å². The molecular weight excluding hydrogens is 680 g/mol. The van der Waals surface area contributed by atoms with Crippen molar-refractivity contribution in [2.24, 2.45) is 23.7 Å². The van der Waals surface area contributed by atoms with Gasteiger partial charge >= 0.3 is 0 Å². The number of amides is 4. The summed E-state index contributed by atoms with van der Waals surface area (Å²) in [6.45, 7) is 3.53. The molecule has 1 N–H and O–H groups in total. The molecule has 4 aromatic carbocycles. The minimum Gasteiger partial charge on any atom is -0.504 e. The number of allylic oxidation sites excluding steroid dienone is 2. The Balaban J connectivity index is 1.34. The Morgan fingerprint density at radius 3 is 2.27 bits per heavy atom. The number of halogens is 1. The molecule has 0 spiro atoms. The van der Waals surface area contributed by atoms with Crippen LogP contribution in [0.1, 0.15) is 54.1 Å². The van der Waals surface area contributed by atoms with Crippen molar-refractivity contribution < 1.29 is 33.8 Å². The second kappa shape index (κ2) is 12.6. The molecular formula is C42H35ClN2O7. The van der Waals surface area contributed by atoms with Crippen LogP contribution in [0.2, 0.25) is 5.02 Å². The highest BCUT2D eigenvalue weighted by molar-refractivity contribution is 6.32. The molecule has 2 saturated heterocycles. The second-order valence-electron chi connectivity index (χ2n) is 13.8. The molecule has 6 atom stereocenters. The molecule has 1 saturated carbocycles. The molecule has 4 aromatic rings. The third-order valence-corrected chi connectivity index (χ3v) is 11.6. The minimum atomic E-state index is -1.54. The average molecular weight is 715 g/mol. The molecule has 262 valence electrons. The van der Waals surface area contributed by atoms with Crippen LogP contribution >= 0.6 is 11.6 Å². The van der Waals surface area contributed by atoms with Gasteiger partial charge in [0.05, 0.1) is 41.2 Å². The van der Waals surface area contributed by atoms with Crippen LogP contribution in [0.3, 0.4) is 0 Å². The lowest BCUT2D eigenvalue weighted by molar-refractivity contribution is -0.127. The Kier molecular flexibility index (Phi) is 8.14. The van der Waals surface area contributed by atoms with Crippen LogP contribution in [0.15, 0.2) is 109 Å². The Morgan fingerprint density at radius 2 is 1.58 bits per heavy atom. The lowest BCUT2D eigenvalue weighted by Gasteiger charge is -2.50. The smallest absolute Gasteiger partial charge is 0.246 e. The summed E-state index contributed by atoms with van der Waals surface area (Å²) < 4.78 is 5.82. The quantitative estimate of drug-likeness (QED) is 0.124. The van der Waals surface area contributed by atoms with Crippen molar-refractivity contribution in [1.82, 2.24) is 0 Å². The number of phenols is 1. The molecule has 0 radical (unpaired) electrons. The van der Waals surface area contributed by atoms with Gasteiger partial charge in [-0.15, -0.1) is 0 Å². The average Bonchev–Trinajstić information content (AvgIpc) is 3.53. The topological polar surface area (TPSA) is 121 Å². The monoisotopic (exact) mass is 714 g/mol. The molecule has 2 aliphatic carbocycles. The Labute approximate surface area is 305 Å². The van der Waals surface area contributed by atoms with Crippen molar-refractivity contribution in [3.05, 3.63) is 130 Å². The number of rotatable bonds is 7. The summed E-state index contributed by atoms with van der Waals surface area (Å²) in [5.74, 6) is -5.76. The number of hydrogen-bond acceptors (Lipinski definition) is 7. The highest BCUT2D eigenvalue weighted by Crippen LogP contribution is 2.65. The summed E-state index contributed by atoms with van der Waals surface area (Å²) in [4.78, 5) is 73.3. The summed E-state index contributed by atoms with van der Waals surface area (Å²) >= 11 is 6.40. The fraction of sp³-hybridized carbons (Fsp3) is 0.262. The first-order chi connectivity index (χ1) is 25.1. The molecule has 0 aromatic heterocycles. The van der Waals surface area contributed by atoms with Crippen LogP contribution in [0.4, 0.5) is 11.4 Å². The zero-order valence-corrected chi connectivity index (χ0v) is 29.2. The van der Waals surface area contributed by atoms with Gasteiger partial charge in [-0.3, -0.25) is 28.9 Å². The number of aromatic hydroxyl groups is 1. The van der Waals surface area contributed by atoms with E-state index in [0.717, 1.165) is 0 Å². The second-order valence-corrected chi connectivity index (χ2v) is 14.3. The summed E-state index contributed by atoms with van der Waals surface area (Å²) in [5.41, 5.74) is 1.30. The third kappa shape index (κ3) is 4.79. The van der Waals surface area contributed by atoms with Crippen LogP contribution in [0.5, 0.6) is 11.5 Å². The highest BCUT2D eigenvalue weighted by atomic mass is 35.5. The maximum atomic E-state index is 15.4. The largest absolute Gasteiger partial charge is 0.504 e. The molecule has 6 unspecified atom stereocenters. The number of fused-ring (bicyclic) bond motifs is 4. The number of para-hydroxylation sites is 1. The Hall–Kier alpha value is -5.54. The number of anilines is 2. The fourth-order valence-corrected chi connectivity index (χ4v) is 9.42. The molecule has 2 heterocycles. The lowest BCUT2D eigenvalue weighted by Crippen LogP contribution is -2.53. The van der Waals surface area contributed by atoms with Crippen LogP contribution < -0.4 is 14.5 Å². The van der Waals surface area contributed by atoms with Crippen molar-refractivity contribution >= 4 is 52.4 Å². The van der Waals surface area contributed by atoms with E-state index in [0.29, 0.717) is 38.7 Å². The first-order valence-corrected chi connectivity index (χ1v) is 17.8. The molecule has 9 nitrogen and oxygen atoms in total. The van der Waals surface area contributed by atoms with Gasteiger partial charge in [0, 0.05) is 22.1 Å². The van der Waals surface area contributed by atoms with Gasteiger partial charge in [-0.1, -0.05) is 71.8 Å². The number of hydrogen-bond donors (Lipinski definition) is 1. The van der Waals surface area contributed by atoms with E-state index in [4.69, 9.17) is 16.3 Å². The van der Waals surface area contributed by atoms with Crippen LogP contribution in [0.25, 0.3) is 0 Å². The number of nitrogens with zero attached hydrogens (tertiary/aromatic N) is 2. The van der Waals surface area contributed by atoms with E-state index in [1.54, 1.807) is 73.7 Å². The summed E-state index contributed by atoms with van der Waals surface area (Å²) in [5, 5.41) is 12.3. The van der Waals surface area contributed by atoms with Gasteiger partial charge in [0.1, 0.15) is 0 Å². The molecule has 0 bridgehead atoms. The summed E-state index contributed by atoms with van der Waals surface area (Å²) in [6.07, 6.45) is 2.28. The van der Waals surface area contributed by atoms with E-state index in [-0.39, 0.29) is 42.6 Å². The predicted octanol–water partition coefficient (Wildman–Crippen LogP) is 7.01. The zero-order chi connectivity index (χ0) is 36.5. The predicted molar refractivity (Wildman–Crippen MR) is 194 cm³/mol. The fourth-order valence-electron chi connectivity index (χ4n) is 9.23. The number of carbonyl (C=O) groups is 5. The molecule has 2 aliphatic heterocycles. The SMILES string of the molecule is CCOc1cccc(C2C3=CCC4C(=O)N(c5ccc(C(C)=O)cc5)C(=O)C4C3CC3C(=O)N(c4cccc(Cl)c4)C(=O)C32c2ccccc2)c1O. The van der Waals surface area contributed by atoms with E-state index in [2.05, 4.69) is 0 Å². The first-order valence-electron chi connectivity index (χ1n) is 17.4. The van der Waals surface area contributed by atoms with Gasteiger partial charge in [0.15, 0.2) is 17.3 Å². The summed E-state index contributed by atoms with van der Waals surface area (Å²) in [7, 11) is 0. The minimum absolute atomic E-state index is 0.113. The van der Waals surface area contributed by atoms with Gasteiger partial charge in [0.2, 0.25) is 23.6 Å². The maximum absolute atomic E-state index is 15.4. The first kappa shape index (κ1) is 33.6. The molecule has 3 fully saturated rings. The number of imide groups is 2.